The highest BCUT2D eigenvalue weighted by atomic mass is 79.9. The van der Waals surface area contributed by atoms with Crippen LogP contribution in [0.1, 0.15) is 22.7 Å². The van der Waals surface area contributed by atoms with Gasteiger partial charge < -0.3 is 0 Å². The van der Waals surface area contributed by atoms with Crippen LogP contribution in [-0.2, 0) is 0 Å². The van der Waals surface area contributed by atoms with Crippen LogP contribution >= 0.6 is 39.0 Å². The van der Waals surface area contributed by atoms with E-state index < -0.39 is 4.92 Å². The molecule has 1 aliphatic heterocycles. The summed E-state index contributed by atoms with van der Waals surface area (Å²) in [6.45, 7) is 0. The number of nitrogens with one attached hydrogen (secondary N) is 1. The number of hydrogen-bond donors (Lipinski definition) is 1. The normalized spacial score (nSPS) is 14.9. The SMILES string of the molecule is O=c1c(=Cc2ccc(Sc3ncn[nH]3)c([N+](=O)[O-])c2)sc2n1C(c1ccc(Br)cc1)C=C(c1ccccc1)N=2. The highest BCUT2D eigenvalue weighted by molar-refractivity contribution is 9.10. The van der Waals surface area contributed by atoms with Gasteiger partial charge in [0.15, 0.2) is 9.96 Å². The lowest BCUT2D eigenvalue weighted by atomic mass is 10.0. The van der Waals surface area contributed by atoms with Crippen LogP contribution in [0.25, 0.3) is 11.8 Å². The lowest BCUT2D eigenvalue weighted by Crippen LogP contribution is -2.36. The van der Waals surface area contributed by atoms with Crippen LogP contribution in [0.15, 0.2) is 110 Å². The third kappa shape index (κ3) is 5.13. The molecule has 12 heteroatoms. The van der Waals surface area contributed by atoms with Crippen LogP contribution in [0.3, 0.4) is 0 Å². The maximum Gasteiger partial charge on any atom is 0.283 e. The van der Waals surface area contributed by atoms with Gasteiger partial charge in [0.25, 0.3) is 11.2 Å². The van der Waals surface area contributed by atoms with E-state index in [1.54, 1.807) is 22.8 Å². The number of H-pyrrole nitrogens is 1. The molecule has 1 N–H and O–H groups in total. The summed E-state index contributed by atoms with van der Waals surface area (Å²) in [5, 5.41) is 18.7. The first kappa shape index (κ1) is 25.2. The lowest BCUT2D eigenvalue weighted by molar-refractivity contribution is -0.387. The fraction of sp³-hybridized carbons (Fsp3) is 0.0370. The molecule has 0 amide bonds. The van der Waals surface area contributed by atoms with Gasteiger partial charge in [-0.15, -0.1) is 0 Å². The number of nitro groups is 1. The summed E-state index contributed by atoms with van der Waals surface area (Å²) in [6, 6.07) is 22.1. The van der Waals surface area contributed by atoms with Crippen molar-refractivity contribution in [1.82, 2.24) is 19.7 Å². The van der Waals surface area contributed by atoms with E-state index in [4.69, 9.17) is 4.99 Å². The first-order valence-electron chi connectivity index (χ1n) is 11.6. The van der Waals surface area contributed by atoms with E-state index in [0.717, 1.165) is 33.1 Å². The van der Waals surface area contributed by atoms with Crippen LogP contribution in [0, 0.1) is 10.1 Å². The van der Waals surface area contributed by atoms with Gasteiger partial charge in [-0.1, -0.05) is 75.8 Å². The molecule has 1 unspecified atom stereocenters. The smallest absolute Gasteiger partial charge is 0.272 e. The molecule has 0 saturated heterocycles. The zero-order valence-corrected chi connectivity index (χ0v) is 23.1. The Balaban J connectivity index is 1.47. The average Bonchev–Trinajstić information content (AvgIpc) is 3.57. The molecule has 39 heavy (non-hydrogen) atoms. The highest BCUT2D eigenvalue weighted by Gasteiger charge is 2.23. The maximum atomic E-state index is 13.7. The van der Waals surface area contributed by atoms with Gasteiger partial charge in [0.05, 0.1) is 26.1 Å². The van der Waals surface area contributed by atoms with Crippen molar-refractivity contribution in [3.63, 3.8) is 0 Å². The fourth-order valence-electron chi connectivity index (χ4n) is 4.20. The van der Waals surface area contributed by atoms with Crippen molar-refractivity contribution in [3.05, 3.63) is 136 Å². The number of allylic oxidation sites excluding steroid dienone is 1. The van der Waals surface area contributed by atoms with Crippen molar-refractivity contribution in [1.29, 1.82) is 0 Å². The number of fused-ring (bicyclic) bond motifs is 1. The summed E-state index contributed by atoms with van der Waals surface area (Å²) in [4.78, 5) is 34.9. The summed E-state index contributed by atoms with van der Waals surface area (Å²) in [7, 11) is 0. The number of rotatable bonds is 6. The Kier molecular flexibility index (Phi) is 6.81. The molecular weight excluding hydrogens is 600 g/mol. The quantitative estimate of drug-likeness (QED) is 0.213. The molecule has 0 bridgehead atoms. The van der Waals surface area contributed by atoms with Crippen molar-refractivity contribution >= 4 is 56.5 Å². The Morgan fingerprint density at radius 1 is 1.10 bits per heavy atom. The number of aromatic nitrogens is 4. The molecule has 2 aromatic heterocycles. The van der Waals surface area contributed by atoms with Gasteiger partial charge in [0.2, 0.25) is 0 Å². The zero-order chi connectivity index (χ0) is 26.9. The van der Waals surface area contributed by atoms with E-state index in [1.165, 1.54) is 23.7 Å². The Morgan fingerprint density at radius 2 is 1.90 bits per heavy atom. The topological polar surface area (TPSA) is 119 Å². The van der Waals surface area contributed by atoms with Crippen LogP contribution in [-0.4, -0.2) is 24.7 Å². The van der Waals surface area contributed by atoms with Crippen molar-refractivity contribution in [2.24, 2.45) is 4.99 Å². The third-order valence-electron chi connectivity index (χ3n) is 6.00. The summed E-state index contributed by atoms with van der Waals surface area (Å²) in [5.41, 5.74) is 2.92. The van der Waals surface area contributed by atoms with Crippen molar-refractivity contribution in [2.45, 2.75) is 16.1 Å². The second-order valence-electron chi connectivity index (χ2n) is 8.47. The molecule has 1 aliphatic rings. The molecule has 0 fully saturated rings. The largest absolute Gasteiger partial charge is 0.283 e. The number of thiazole rings is 1. The van der Waals surface area contributed by atoms with Crippen LogP contribution in [0.5, 0.6) is 0 Å². The Morgan fingerprint density at radius 3 is 2.62 bits per heavy atom. The van der Waals surface area contributed by atoms with E-state index >= 15 is 0 Å². The van der Waals surface area contributed by atoms with Crippen LogP contribution < -0.4 is 14.9 Å². The predicted octanol–water partition coefficient (Wildman–Crippen LogP) is 4.94. The molecule has 0 saturated carbocycles. The molecule has 192 valence electrons. The Bertz CT molecular complexity index is 1900. The highest BCUT2D eigenvalue weighted by Crippen LogP contribution is 2.33. The van der Waals surface area contributed by atoms with Gasteiger partial charge >= 0.3 is 0 Å². The number of halogens is 1. The lowest BCUT2D eigenvalue weighted by Gasteiger charge is -2.19. The van der Waals surface area contributed by atoms with Crippen LogP contribution in [0.4, 0.5) is 5.69 Å². The van der Waals surface area contributed by atoms with Crippen molar-refractivity contribution in [3.8, 4) is 0 Å². The molecule has 9 nitrogen and oxygen atoms in total. The monoisotopic (exact) mass is 616 g/mol. The third-order valence-corrected chi connectivity index (χ3v) is 8.47. The predicted molar refractivity (Wildman–Crippen MR) is 153 cm³/mol. The van der Waals surface area contributed by atoms with Gasteiger partial charge in [-0.3, -0.25) is 24.6 Å². The average molecular weight is 618 g/mol. The van der Waals surface area contributed by atoms with Gasteiger partial charge in [-0.25, -0.2) is 9.98 Å². The second-order valence-corrected chi connectivity index (χ2v) is 11.4. The number of benzene rings is 3. The summed E-state index contributed by atoms with van der Waals surface area (Å²) in [6.07, 6.45) is 5.00. The van der Waals surface area contributed by atoms with E-state index in [9.17, 15) is 14.9 Å². The number of nitro benzene ring substituents is 1. The summed E-state index contributed by atoms with van der Waals surface area (Å²) >= 11 is 5.85. The van der Waals surface area contributed by atoms with E-state index in [0.29, 0.717) is 24.9 Å². The van der Waals surface area contributed by atoms with Gasteiger partial charge in [-0.05, 0) is 58.8 Å². The minimum atomic E-state index is -0.447. The zero-order valence-electron chi connectivity index (χ0n) is 19.9. The first-order chi connectivity index (χ1) is 19.0. The van der Waals surface area contributed by atoms with Crippen molar-refractivity contribution < 1.29 is 4.92 Å². The Hall–Kier alpha value is -4.13. The first-order valence-corrected chi connectivity index (χ1v) is 14.0. The molecule has 1 atom stereocenters. The molecule has 0 aliphatic carbocycles. The molecule has 3 heterocycles. The number of hydrogen-bond acceptors (Lipinski definition) is 8. The van der Waals surface area contributed by atoms with Crippen molar-refractivity contribution in [2.75, 3.05) is 0 Å². The standard InChI is InChI=1S/C27H17BrN6O3S2/c28-19-9-7-18(8-10-19)21-14-20(17-4-2-1-3-5-17)31-27-33(21)25(35)24(39-27)13-16-6-11-23(22(12-16)34(36)37)38-26-29-15-30-32-26/h1-15,21H,(H,29,30,32). The minimum absolute atomic E-state index is 0.0861. The van der Waals surface area contributed by atoms with Gasteiger partial charge in [0.1, 0.15) is 6.33 Å². The molecule has 0 radical (unpaired) electrons. The van der Waals surface area contributed by atoms with Crippen LogP contribution in [0.2, 0.25) is 0 Å². The summed E-state index contributed by atoms with van der Waals surface area (Å²) in [5.74, 6) is 0. The molecule has 5 aromatic rings. The molecule has 6 rings (SSSR count). The summed E-state index contributed by atoms with van der Waals surface area (Å²) < 4.78 is 3.05. The molecule has 0 spiro atoms. The van der Waals surface area contributed by atoms with Gasteiger partial charge in [0, 0.05) is 10.5 Å². The second kappa shape index (κ2) is 10.6. The van der Waals surface area contributed by atoms with Gasteiger partial charge in [-0.2, -0.15) is 5.10 Å². The van der Waals surface area contributed by atoms with E-state index in [-0.39, 0.29) is 17.3 Å². The molecular formula is C27H17BrN6O3S2. The molecule has 3 aromatic carbocycles. The van der Waals surface area contributed by atoms with E-state index in [1.807, 2.05) is 60.7 Å². The Labute approximate surface area is 237 Å². The van der Waals surface area contributed by atoms with E-state index in [2.05, 4.69) is 31.1 Å². The number of aromatic amines is 1. The maximum absolute atomic E-state index is 13.7. The number of nitrogens with zero attached hydrogens (tertiary/aromatic N) is 5. The minimum Gasteiger partial charge on any atom is -0.272 e. The fourth-order valence-corrected chi connectivity index (χ4v) is 6.26.